The quantitative estimate of drug-likeness (QED) is 0.610. The van der Waals surface area contributed by atoms with E-state index in [-0.39, 0.29) is 27.4 Å². The molecule has 0 amide bonds. The monoisotopic (exact) mass is 284 g/mol. The van der Waals surface area contributed by atoms with E-state index in [9.17, 15) is 8.78 Å². The van der Waals surface area contributed by atoms with Crippen molar-refractivity contribution < 1.29 is 35.2 Å². The van der Waals surface area contributed by atoms with Crippen molar-refractivity contribution in [2.45, 2.75) is 13.8 Å². The standard InChI is InChI=1S/C13H12F2NO.Ti/c1-8-6-13(17-3)9(2)16(8)12-5-4-10(14)7-11(12)15;/h4-6H,1-3H3;/q-1;. The minimum Gasteiger partial charge on any atom is -0.495 e. The van der Waals surface area contributed by atoms with Gasteiger partial charge < -0.3 is 9.30 Å². The molecule has 18 heavy (non-hydrogen) atoms. The van der Waals surface area contributed by atoms with Gasteiger partial charge in [-0.15, -0.1) is 18.2 Å². The third-order valence-electron chi connectivity index (χ3n) is 2.69. The summed E-state index contributed by atoms with van der Waals surface area (Å²) < 4.78 is 33.3. The molecule has 0 unspecified atom stereocenters. The molecule has 1 heterocycles. The maximum Gasteiger partial charge on any atom is 0.139 e. The number of aromatic nitrogens is 1. The van der Waals surface area contributed by atoms with Gasteiger partial charge >= 0.3 is 0 Å². The second kappa shape index (κ2) is 5.68. The summed E-state index contributed by atoms with van der Waals surface area (Å²) in [5.41, 5.74) is 1.85. The fourth-order valence-electron chi connectivity index (χ4n) is 1.92. The van der Waals surface area contributed by atoms with E-state index in [0.717, 1.165) is 11.4 Å². The van der Waals surface area contributed by atoms with Crippen molar-refractivity contribution in [2.75, 3.05) is 7.11 Å². The largest absolute Gasteiger partial charge is 0.495 e. The molecule has 0 atom stereocenters. The van der Waals surface area contributed by atoms with Crippen LogP contribution in [0, 0.1) is 31.5 Å². The Hall–Kier alpha value is -1.13. The number of benzene rings is 1. The van der Waals surface area contributed by atoms with Gasteiger partial charge in [0.15, 0.2) is 0 Å². The Kier molecular flexibility index (Phi) is 4.71. The van der Waals surface area contributed by atoms with Gasteiger partial charge in [-0.05, 0) is 19.5 Å². The average Bonchev–Trinajstić information content (AvgIpc) is 2.55. The number of rotatable bonds is 2. The van der Waals surface area contributed by atoms with E-state index in [2.05, 4.69) is 0 Å². The smallest absolute Gasteiger partial charge is 0.139 e. The molecule has 0 N–H and O–H groups in total. The van der Waals surface area contributed by atoms with Crippen LogP contribution < -0.4 is 4.74 Å². The Labute approximate surface area is 119 Å². The third-order valence-corrected chi connectivity index (χ3v) is 2.69. The van der Waals surface area contributed by atoms with E-state index in [0.29, 0.717) is 5.75 Å². The van der Waals surface area contributed by atoms with Crippen LogP contribution in [0.1, 0.15) is 11.4 Å². The minimum atomic E-state index is -0.713. The Morgan fingerprint density at radius 1 is 1.22 bits per heavy atom. The summed E-state index contributed by atoms with van der Waals surface area (Å²) in [4.78, 5) is 0. The first-order valence-corrected chi connectivity index (χ1v) is 5.15. The predicted octanol–water partition coefficient (Wildman–Crippen LogP) is 3.18. The molecule has 0 saturated carbocycles. The van der Waals surface area contributed by atoms with Crippen LogP contribution in [0.4, 0.5) is 8.78 Å². The van der Waals surface area contributed by atoms with Crippen molar-refractivity contribution >= 4 is 0 Å². The number of methoxy groups -OCH3 is 1. The molecular weight excluding hydrogens is 272 g/mol. The zero-order valence-corrected chi connectivity index (χ0v) is 11.9. The first-order chi connectivity index (χ1) is 8.04. The molecule has 2 aromatic rings. The van der Waals surface area contributed by atoms with Crippen LogP contribution in [0.5, 0.6) is 5.75 Å². The van der Waals surface area contributed by atoms with E-state index in [1.54, 1.807) is 17.7 Å². The van der Waals surface area contributed by atoms with Crippen LogP contribution in [0.3, 0.4) is 0 Å². The molecule has 0 aliphatic rings. The average molecular weight is 284 g/mol. The molecule has 94 valence electrons. The molecule has 0 saturated heterocycles. The van der Waals surface area contributed by atoms with Crippen LogP contribution in [0.25, 0.3) is 5.69 Å². The van der Waals surface area contributed by atoms with Gasteiger partial charge in [-0.25, -0.2) is 8.78 Å². The Morgan fingerprint density at radius 2 is 1.89 bits per heavy atom. The second-order valence-corrected chi connectivity index (χ2v) is 3.78. The van der Waals surface area contributed by atoms with E-state index < -0.39 is 11.6 Å². The molecule has 1 aromatic heterocycles. The van der Waals surface area contributed by atoms with Crippen LogP contribution in [-0.2, 0) is 21.7 Å². The molecule has 5 heteroatoms. The zero-order chi connectivity index (χ0) is 12.6. The molecule has 1 aromatic carbocycles. The Balaban J connectivity index is 0.00000162. The van der Waals surface area contributed by atoms with Crippen molar-refractivity contribution in [3.8, 4) is 11.4 Å². The maximum absolute atomic E-state index is 13.7. The van der Waals surface area contributed by atoms with Gasteiger partial charge in [0.05, 0.1) is 12.8 Å². The van der Waals surface area contributed by atoms with Crippen LogP contribution in [-0.4, -0.2) is 11.7 Å². The number of hydrogen-bond acceptors (Lipinski definition) is 1. The molecule has 0 bridgehead atoms. The van der Waals surface area contributed by atoms with Crippen molar-refractivity contribution in [3.05, 3.63) is 47.3 Å². The SMILES string of the molecule is COc1cc(C)n(-c2ccc(F)[c-]c2F)c1C.[Ti]. The maximum atomic E-state index is 13.7. The number of aryl methyl sites for hydroxylation is 1. The number of hydrogen-bond donors (Lipinski definition) is 0. The zero-order valence-electron chi connectivity index (χ0n) is 10.3. The fourth-order valence-corrected chi connectivity index (χ4v) is 1.92. The number of nitrogens with zero attached hydrogens (tertiary/aromatic N) is 1. The molecule has 0 spiro atoms. The molecule has 0 aliphatic carbocycles. The molecule has 0 fully saturated rings. The summed E-state index contributed by atoms with van der Waals surface area (Å²) in [6.07, 6.45) is 0. The first-order valence-electron chi connectivity index (χ1n) is 5.15. The van der Waals surface area contributed by atoms with Crippen molar-refractivity contribution in [1.82, 2.24) is 4.57 Å². The van der Waals surface area contributed by atoms with Crippen LogP contribution in [0.2, 0.25) is 0 Å². The van der Waals surface area contributed by atoms with Crippen molar-refractivity contribution in [1.29, 1.82) is 0 Å². The van der Waals surface area contributed by atoms with Crippen molar-refractivity contribution in [2.24, 2.45) is 0 Å². The molecule has 2 rings (SSSR count). The van der Waals surface area contributed by atoms with Crippen molar-refractivity contribution in [3.63, 3.8) is 0 Å². The summed E-state index contributed by atoms with van der Waals surface area (Å²) >= 11 is 0. The summed E-state index contributed by atoms with van der Waals surface area (Å²) in [7, 11) is 1.55. The molecular formula is C13H12F2NOTi-. The topological polar surface area (TPSA) is 14.2 Å². The van der Waals surface area contributed by atoms with Gasteiger partial charge in [0.2, 0.25) is 0 Å². The van der Waals surface area contributed by atoms with Gasteiger partial charge in [0.1, 0.15) is 5.75 Å². The normalized spacial score (nSPS) is 10.1. The van der Waals surface area contributed by atoms with Gasteiger partial charge in [0.25, 0.3) is 0 Å². The van der Waals surface area contributed by atoms with Crippen LogP contribution >= 0.6 is 0 Å². The Morgan fingerprint density at radius 3 is 2.39 bits per heavy atom. The van der Waals surface area contributed by atoms with E-state index in [1.807, 2.05) is 19.9 Å². The molecule has 2 nitrogen and oxygen atoms in total. The second-order valence-electron chi connectivity index (χ2n) is 3.78. The molecule has 0 radical (unpaired) electrons. The fraction of sp³-hybridized carbons (Fsp3) is 0.231. The number of halogens is 2. The minimum absolute atomic E-state index is 0. The summed E-state index contributed by atoms with van der Waals surface area (Å²) in [5, 5.41) is 0. The molecule has 0 aliphatic heterocycles. The summed E-state index contributed by atoms with van der Waals surface area (Å²) in [6.45, 7) is 3.65. The predicted molar refractivity (Wildman–Crippen MR) is 60.5 cm³/mol. The number of ether oxygens (including phenoxy) is 1. The van der Waals surface area contributed by atoms with Gasteiger partial charge in [-0.3, -0.25) is 0 Å². The van der Waals surface area contributed by atoms with Gasteiger partial charge in [-0.2, -0.15) is 0 Å². The van der Waals surface area contributed by atoms with Gasteiger partial charge in [0, 0.05) is 45.1 Å². The van der Waals surface area contributed by atoms with E-state index >= 15 is 0 Å². The van der Waals surface area contributed by atoms with E-state index in [4.69, 9.17) is 4.74 Å². The van der Waals surface area contributed by atoms with E-state index in [1.165, 1.54) is 12.1 Å². The Bertz CT molecular complexity index is 566. The third kappa shape index (κ3) is 2.50. The summed E-state index contributed by atoms with van der Waals surface area (Å²) in [6, 6.07) is 6.40. The summed E-state index contributed by atoms with van der Waals surface area (Å²) in [5.74, 6) is -0.749. The first kappa shape index (κ1) is 14.9. The van der Waals surface area contributed by atoms with Crippen LogP contribution in [0.15, 0.2) is 18.2 Å². The van der Waals surface area contributed by atoms with Gasteiger partial charge in [-0.1, -0.05) is 0 Å².